The minimum atomic E-state index is -4.56. The second kappa shape index (κ2) is 7.76. The highest BCUT2D eigenvalue weighted by Crippen LogP contribution is 2.32. The van der Waals surface area contributed by atoms with Crippen molar-refractivity contribution in [2.24, 2.45) is 0 Å². The van der Waals surface area contributed by atoms with Gasteiger partial charge in [-0.05, 0) is 24.1 Å². The number of alkyl halides is 3. The SMILES string of the molecule is O=C1CCC(N2Cc3ccc(NC(=O)Cc4csc(C(F)(F)F)n4)cc3C2=O)C(=O)N1. The normalized spacial score (nSPS) is 18.7. The Morgan fingerprint density at radius 2 is 2.06 bits per heavy atom. The fourth-order valence-electron chi connectivity index (χ4n) is 3.52. The van der Waals surface area contributed by atoms with Crippen molar-refractivity contribution in [3.05, 3.63) is 45.4 Å². The number of imide groups is 1. The summed E-state index contributed by atoms with van der Waals surface area (Å²) in [6.45, 7) is 0.202. The molecule has 2 aliphatic rings. The Hall–Kier alpha value is -3.28. The number of rotatable bonds is 4. The first-order valence-corrected chi connectivity index (χ1v) is 10.1. The van der Waals surface area contributed by atoms with Crippen molar-refractivity contribution in [1.29, 1.82) is 0 Å². The van der Waals surface area contributed by atoms with E-state index in [0.29, 0.717) is 28.2 Å². The van der Waals surface area contributed by atoms with Crippen LogP contribution in [0.2, 0.25) is 0 Å². The Balaban J connectivity index is 1.43. The van der Waals surface area contributed by atoms with Crippen molar-refractivity contribution in [3.63, 3.8) is 0 Å². The van der Waals surface area contributed by atoms with E-state index in [1.54, 1.807) is 12.1 Å². The number of anilines is 1. The van der Waals surface area contributed by atoms with Gasteiger partial charge in [-0.15, -0.1) is 11.3 Å². The number of nitrogens with zero attached hydrogens (tertiary/aromatic N) is 2. The molecule has 0 spiro atoms. The quantitative estimate of drug-likeness (QED) is 0.691. The lowest BCUT2D eigenvalue weighted by Gasteiger charge is -2.29. The number of nitrogens with one attached hydrogen (secondary N) is 2. The lowest BCUT2D eigenvalue weighted by Crippen LogP contribution is -2.52. The molecule has 2 N–H and O–H groups in total. The Labute approximate surface area is 177 Å². The molecule has 2 aliphatic heterocycles. The summed E-state index contributed by atoms with van der Waals surface area (Å²) in [7, 11) is 0. The molecule has 1 aromatic heterocycles. The van der Waals surface area contributed by atoms with Crippen LogP contribution in [0.15, 0.2) is 23.6 Å². The maximum atomic E-state index is 12.8. The van der Waals surface area contributed by atoms with Gasteiger partial charge in [0.2, 0.25) is 17.7 Å². The van der Waals surface area contributed by atoms with Crippen LogP contribution < -0.4 is 10.6 Å². The highest BCUT2D eigenvalue weighted by atomic mass is 32.1. The molecule has 0 aliphatic carbocycles. The van der Waals surface area contributed by atoms with Gasteiger partial charge in [0, 0.05) is 29.6 Å². The summed E-state index contributed by atoms with van der Waals surface area (Å²) in [6, 6.07) is 3.92. The van der Waals surface area contributed by atoms with Gasteiger partial charge < -0.3 is 10.2 Å². The van der Waals surface area contributed by atoms with Gasteiger partial charge in [0.1, 0.15) is 6.04 Å². The number of aromatic nitrogens is 1. The zero-order valence-corrected chi connectivity index (χ0v) is 16.6. The molecular weight excluding hydrogens is 437 g/mol. The molecule has 31 heavy (non-hydrogen) atoms. The van der Waals surface area contributed by atoms with Crippen LogP contribution in [-0.4, -0.2) is 39.6 Å². The van der Waals surface area contributed by atoms with Crippen LogP contribution in [0.5, 0.6) is 0 Å². The molecule has 1 saturated heterocycles. The molecule has 4 amide bonds. The first-order chi connectivity index (χ1) is 14.6. The van der Waals surface area contributed by atoms with E-state index in [4.69, 9.17) is 0 Å². The zero-order chi connectivity index (χ0) is 22.3. The van der Waals surface area contributed by atoms with E-state index < -0.39 is 34.9 Å². The van der Waals surface area contributed by atoms with Crippen LogP contribution in [0.25, 0.3) is 0 Å². The molecule has 162 valence electrons. The fourth-order valence-corrected chi connectivity index (χ4v) is 4.21. The van der Waals surface area contributed by atoms with Crippen LogP contribution in [0, 0.1) is 0 Å². The minimum Gasteiger partial charge on any atom is -0.326 e. The summed E-state index contributed by atoms with van der Waals surface area (Å²) >= 11 is 0.415. The topological polar surface area (TPSA) is 108 Å². The predicted molar refractivity (Wildman–Crippen MR) is 102 cm³/mol. The van der Waals surface area contributed by atoms with Gasteiger partial charge in [-0.25, -0.2) is 4.98 Å². The number of halogens is 3. The molecule has 2 aromatic rings. The fraction of sp³-hybridized carbons (Fsp3) is 0.316. The van der Waals surface area contributed by atoms with Gasteiger partial charge in [-0.2, -0.15) is 13.2 Å². The van der Waals surface area contributed by atoms with Crippen molar-refractivity contribution in [2.75, 3.05) is 5.32 Å². The lowest BCUT2D eigenvalue weighted by molar-refractivity contribution is -0.138. The molecule has 12 heteroatoms. The summed E-state index contributed by atoms with van der Waals surface area (Å²) in [4.78, 5) is 53.2. The monoisotopic (exact) mass is 452 g/mol. The highest BCUT2D eigenvalue weighted by molar-refractivity contribution is 7.09. The summed E-state index contributed by atoms with van der Waals surface area (Å²) in [5.41, 5.74) is 1.28. The summed E-state index contributed by atoms with van der Waals surface area (Å²) in [6.07, 6.45) is -4.53. The van der Waals surface area contributed by atoms with Crippen LogP contribution in [-0.2, 0) is 33.5 Å². The Morgan fingerprint density at radius 3 is 2.74 bits per heavy atom. The molecule has 1 atom stereocenters. The molecule has 1 fully saturated rings. The standard InChI is InChI=1S/C19H15F3N4O4S/c20-19(21,22)18-24-11(8-31-18)6-15(28)23-10-2-1-9-7-26(17(30)12(9)5-10)13-3-4-14(27)25-16(13)29/h1-2,5,8,13H,3-4,6-7H2,(H,23,28)(H,25,27,29). The van der Waals surface area contributed by atoms with Gasteiger partial charge in [-0.3, -0.25) is 24.5 Å². The largest absolute Gasteiger partial charge is 0.443 e. The smallest absolute Gasteiger partial charge is 0.326 e. The third kappa shape index (κ3) is 4.29. The molecule has 0 bridgehead atoms. The number of carbonyl (C=O) groups is 4. The number of thiazole rings is 1. The Bertz CT molecular complexity index is 1100. The highest BCUT2D eigenvalue weighted by Gasteiger charge is 2.39. The van der Waals surface area contributed by atoms with Gasteiger partial charge >= 0.3 is 6.18 Å². The van der Waals surface area contributed by atoms with E-state index >= 15 is 0 Å². The molecule has 0 saturated carbocycles. The van der Waals surface area contributed by atoms with E-state index in [1.165, 1.54) is 16.3 Å². The number of hydrogen-bond donors (Lipinski definition) is 2. The van der Waals surface area contributed by atoms with Gasteiger partial charge in [0.05, 0.1) is 12.1 Å². The third-order valence-electron chi connectivity index (χ3n) is 4.95. The molecule has 3 heterocycles. The van der Waals surface area contributed by atoms with E-state index in [-0.39, 0.29) is 37.4 Å². The molecule has 1 unspecified atom stereocenters. The summed E-state index contributed by atoms with van der Waals surface area (Å²) < 4.78 is 37.9. The number of benzene rings is 1. The minimum absolute atomic E-state index is 0.00362. The van der Waals surface area contributed by atoms with Crippen molar-refractivity contribution in [2.45, 2.75) is 38.0 Å². The van der Waals surface area contributed by atoms with Crippen LogP contribution in [0.1, 0.15) is 39.5 Å². The van der Waals surface area contributed by atoms with Crippen molar-refractivity contribution in [1.82, 2.24) is 15.2 Å². The average Bonchev–Trinajstić information content (AvgIpc) is 3.27. The van der Waals surface area contributed by atoms with Crippen LogP contribution >= 0.6 is 11.3 Å². The first kappa shape index (κ1) is 21.0. The second-order valence-corrected chi connectivity index (χ2v) is 8.00. The maximum Gasteiger partial charge on any atom is 0.443 e. The van der Waals surface area contributed by atoms with E-state index in [2.05, 4.69) is 15.6 Å². The number of hydrogen-bond acceptors (Lipinski definition) is 6. The van der Waals surface area contributed by atoms with Gasteiger partial charge in [0.15, 0.2) is 5.01 Å². The molecular formula is C19H15F3N4O4S. The average molecular weight is 452 g/mol. The second-order valence-electron chi connectivity index (χ2n) is 7.14. The van der Waals surface area contributed by atoms with Gasteiger partial charge in [-0.1, -0.05) is 6.07 Å². The van der Waals surface area contributed by atoms with Crippen molar-refractivity contribution < 1.29 is 32.3 Å². The number of amides is 4. The lowest BCUT2D eigenvalue weighted by atomic mass is 10.0. The van der Waals surface area contributed by atoms with Gasteiger partial charge in [0.25, 0.3) is 5.91 Å². The van der Waals surface area contributed by atoms with Crippen molar-refractivity contribution in [3.8, 4) is 0 Å². The number of piperidine rings is 1. The van der Waals surface area contributed by atoms with Crippen molar-refractivity contribution >= 4 is 40.7 Å². The summed E-state index contributed by atoms with van der Waals surface area (Å²) in [5, 5.41) is 4.92. The van der Waals surface area contributed by atoms with Crippen LogP contribution in [0.3, 0.4) is 0 Å². The molecule has 0 radical (unpaired) electrons. The predicted octanol–water partition coefficient (Wildman–Crippen LogP) is 2.10. The van der Waals surface area contributed by atoms with Crippen LogP contribution in [0.4, 0.5) is 18.9 Å². The summed E-state index contributed by atoms with van der Waals surface area (Å²) in [5.74, 6) is -1.87. The Kier molecular flexibility index (Phi) is 5.25. The van der Waals surface area contributed by atoms with E-state index in [1.807, 2.05) is 0 Å². The number of fused-ring (bicyclic) bond motifs is 1. The Morgan fingerprint density at radius 1 is 1.29 bits per heavy atom. The third-order valence-corrected chi connectivity index (χ3v) is 5.88. The molecule has 8 nitrogen and oxygen atoms in total. The first-order valence-electron chi connectivity index (χ1n) is 9.21. The molecule has 4 rings (SSSR count). The maximum absolute atomic E-state index is 12.8. The van der Waals surface area contributed by atoms with E-state index in [0.717, 1.165) is 0 Å². The molecule has 1 aromatic carbocycles. The van der Waals surface area contributed by atoms with E-state index in [9.17, 15) is 32.3 Å². The zero-order valence-electron chi connectivity index (χ0n) is 15.8. The number of carbonyl (C=O) groups excluding carboxylic acids is 4.